The van der Waals surface area contributed by atoms with Crippen molar-refractivity contribution >= 4 is 34.1 Å². The summed E-state index contributed by atoms with van der Waals surface area (Å²) in [6.07, 6.45) is 4.31. The van der Waals surface area contributed by atoms with Crippen molar-refractivity contribution in [2.45, 2.75) is 31.4 Å². The number of hydrogen-bond donors (Lipinski definition) is 2. The van der Waals surface area contributed by atoms with Crippen molar-refractivity contribution in [2.24, 2.45) is 0 Å². The smallest absolute Gasteiger partial charge is 0.121 e. The van der Waals surface area contributed by atoms with E-state index in [-0.39, 0.29) is 6.61 Å². The van der Waals surface area contributed by atoms with E-state index in [2.05, 4.69) is 34.1 Å². The van der Waals surface area contributed by atoms with Crippen LogP contribution in [0.3, 0.4) is 0 Å². The van der Waals surface area contributed by atoms with Crippen LogP contribution in [0.4, 0.5) is 0 Å². The van der Waals surface area contributed by atoms with Crippen molar-refractivity contribution in [3.05, 3.63) is 64.3 Å². The molecule has 0 bridgehead atoms. The lowest BCUT2D eigenvalue weighted by molar-refractivity contribution is -0.0168. The molecule has 1 atom stereocenters. The molecule has 1 aliphatic rings. The number of rotatable bonds is 5. The van der Waals surface area contributed by atoms with Crippen LogP contribution < -0.4 is 4.74 Å². The monoisotopic (exact) mass is 418 g/mol. The van der Waals surface area contributed by atoms with Crippen LogP contribution in [0.5, 0.6) is 5.75 Å². The highest BCUT2D eigenvalue weighted by atomic mass is 35.5. The number of H-pyrrole nitrogens is 1. The zero-order valence-electron chi connectivity index (χ0n) is 15.6. The van der Waals surface area contributed by atoms with Crippen LogP contribution in [-0.2, 0) is 6.54 Å². The zero-order valence-corrected chi connectivity index (χ0v) is 17.1. The van der Waals surface area contributed by atoms with Gasteiger partial charge in [-0.1, -0.05) is 29.3 Å². The maximum absolute atomic E-state index is 11.0. The van der Waals surface area contributed by atoms with Crippen molar-refractivity contribution in [3.8, 4) is 5.75 Å². The third kappa shape index (κ3) is 4.64. The quantitative estimate of drug-likeness (QED) is 0.592. The van der Waals surface area contributed by atoms with Crippen molar-refractivity contribution in [1.82, 2.24) is 9.88 Å². The molecule has 3 aromatic rings. The summed E-state index contributed by atoms with van der Waals surface area (Å²) >= 11 is 12.0. The predicted molar refractivity (Wildman–Crippen MR) is 114 cm³/mol. The number of nitrogens with zero attached hydrogens (tertiary/aromatic N) is 1. The van der Waals surface area contributed by atoms with Gasteiger partial charge >= 0.3 is 0 Å². The van der Waals surface area contributed by atoms with Crippen LogP contribution in [0.25, 0.3) is 10.9 Å². The topological polar surface area (TPSA) is 48.5 Å². The van der Waals surface area contributed by atoms with E-state index in [9.17, 15) is 5.11 Å². The van der Waals surface area contributed by atoms with E-state index in [4.69, 9.17) is 27.9 Å². The Hall–Kier alpha value is -1.72. The number of aliphatic hydroxyl groups is 1. The molecule has 2 heterocycles. The summed E-state index contributed by atoms with van der Waals surface area (Å²) in [5, 5.41) is 13.2. The van der Waals surface area contributed by atoms with Gasteiger partial charge in [-0.05, 0) is 67.1 Å². The molecule has 6 heteroatoms. The molecule has 28 heavy (non-hydrogen) atoms. The third-order valence-corrected chi connectivity index (χ3v) is 6.17. The summed E-state index contributed by atoms with van der Waals surface area (Å²) in [6.45, 7) is 2.96. The first-order chi connectivity index (χ1) is 13.5. The number of nitrogens with one attached hydrogen (secondary N) is 1. The van der Waals surface area contributed by atoms with E-state index in [0.717, 1.165) is 38.0 Å². The lowest BCUT2D eigenvalue weighted by atomic mass is 9.96. The molecule has 2 N–H and O–H groups in total. The Morgan fingerprint density at radius 2 is 1.93 bits per heavy atom. The second-order valence-electron chi connectivity index (χ2n) is 7.62. The van der Waals surface area contributed by atoms with Gasteiger partial charge in [0.25, 0.3) is 0 Å². The van der Waals surface area contributed by atoms with Crippen molar-refractivity contribution in [3.63, 3.8) is 0 Å². The standard InChI is InChI=1S/C22H24Cl2N2O2/c23-19-4-3-18(13-20(19)24)28-15-22(27)7-1-10-26(11-8-22)14-16-2-5-21-17(12-16)6-9-25-21/h2-6,9,12-13,25,27H,1,7-8,10-11,14-15H2/t22-/m0/s1. The molecular formula is C22H24Cl2N2O2. The molecule has 148 valence electrons. The summed E-state index contributed by atoms with van der Waals surface area (Å²) in [5.74, 6) is 0.628. The highest BCUT2D eigenvalue weighted by molar-refractivity contribution is 6.42. The second-order valence-corrected chi connectivity index (χ2v) is 8.43. The Kier molecular flexibility index (Phi) is 5.83. The first-order valence-corrected chi connectivity index (χ1v) is 10.3. The fourth-order valence-corrected chi connectivity index (χ4v) is 4.07. The Morgan fingerprint density at radius 1 is 1.04 bits per heavy atom. The summed E-state index contributed by atoms with van der Waals surface area (Å²) in [5.41, 5.74) is 1.63. The van der Waals surface area contributed by atoms with Gasteiger partial charge in [-0.25, -0.2) is 0 Å². The minimum Gasteiger partial charge on any atom is -0.491 e. The Balaban J connectivity index is 1.34. The highest BCUT2D eigenvalue weighted by Gasteiger charge is 2.31. The van der Waals surface area contributed by atoms with Gasteiger partial charge in [-0.3, -0.25) is 4.90 Å². The normalized spacial score (nSPS) is 21.0. The molecule has 0 saturated carbocycles. The van der Waals surface area contributed by atoms with Gasteiger partial charge < -0.3 is 14.8 Å². The van der Waals surface area contributed by atoms with Gasteiger partial charge in [0.05, 0.1) is 15.6 Å². The van der Waals surface area contributed by atoms with Crippen LogP contribution in [0.2, 0.25) is 10.0 Å². The Labute approximate surface area is 175 Å². The summed E-state index contributed by atoms with van der Waals surface area (Å²) < 4.78 is 5.82. The molecule has 4 nitrogen and oxygen atoms in total. The van der Waals surface area contributed by atoms with Crippen LogP contribution >= 0.6 is 23.2 Å². The second kappa shape index (κ2) is 8.34. The first-order valence-electron chi connectivity index (χ1n) is 9.59. The Bertz CT molecular complexity index is 959. The minimum atomic E-state index is -0.828. The van der Waals surface area contributed by atoms with Gasteiger partial charge in [0, 0.05) is 30.9 Å². The van der Waals surface area contributed by atoms with Gasteiger partial charge in [0.2, 0.25) is 0 Å². The molecule has 1 fully saturated rings. The fraction of sp³-hybridized carbons (Fsp3) is 0.364. The van der Waals surface area contributed by atoms with Crippen molar-refractivity contribution < 1.29 is 9.84 Å². The molecule has 0 spiro atoms. The highest BCUT2D eigenvalue weighted by Crippen LogP contribution is 2.29. The number of aromatic amines is 1. The number of likely N-dealkylation sites (tertiary alicyclic amines) is 1. The maximum atomic E-state index is 11.0. The van der Waals surface area contributed by atoms with E-state index in [1.807, 2.05) is 6.20 Å². The van der Waals surface area contributed by atoms with Crippen molar-refractivity contribution in [1.29, 1.82) is 0 Å². The predicted octanol–water partition coefficient (Wildman–Crippen LogP) is 5.27. The zero-order chi connectivity index (χ0) is 19.6. The number of ether oxygens (including phenoxy) is 1. The molecule has 1 aromatic heterocycles. The average Bonchev–Trinajstić information content (AvgIpc) is 3.07. The van der Waals surface area contributed by atoms with Crippen molar-refractivity contribution in [2.75, 3.05) is 19.7 Å². The molecule has 2 aromatic carbocycles. The maximum Gasteiger partial charge on any atom is 0.121 e. The molecule has 1 aliphatic heterocycles. The largest absolute Gasteiger partial charge is 0.491 e. The van der Waals surface area contributed by atoms with Gasteiger partial charge in [0.15, 0.2) is 0 Å². The molecular weight excluding hydrogens is 395 g/mol. The van der Waals surface area contributed by atoms with E-state index in [1.54, 1.807) is 18.2 Å². The fourth-order valence-electron chi connectivity index (χ4n) is 3.78. The summed E-state index contributed by atoms with van der Waals surface area (Å²) in [7, 11) is 0. The minimum absolute atomic E-state index is 0.258. The van der Waals surface area contributed by atoms with E-state index in [1.165, 1.54) is 10.9 Å². The van der Waals surface area contributed by atoms with Crippen LogP contribution in [0.1, 0.15) is 24.8 Å². The van der Waals surface area contributed by atoms with E-state index in [0.29, 0.717) is 22.2 Å². The van der Waals surface area contributed by atoms with E-state index < -0.39 is 5.60 Å². The number of halogens is 2. The first kappa shape index (κ1) is 19.6. The lowest BCUT2D eigenvalue weighted by Gasteiger charge is -2.27. The van der Waals surface area contributed by atoms with Gasteiger partial charge in [-0.2, -0.15) is 0 Å². The molecule has 4 rings (SSSR count). The molecule has 1 saturated heterocycles. The number of benzene rings is 2. The van der Waals surface area contributed by atoms with Crippen LogP contribution in [0.15, 0.2) is 48.7 Å². The molecule has 0 amide bonds. The van der Waals surface area contributed by atoms with Gasteiger partial charge in [0.1, 0.15) is 12.4 Å². The number of aromatic nitrogens is 1. The number of hydrogen-bond acceptors (Lipinski definition) is 3. The SMILES string of the molecule is O[C@@]1(COc2ccc(Cl)c(Cl)c2)CCCN(Cc2ccc3[nH]ccc3c2)CC1. The van der Waals surface area contributed by atoms with E-state index >= 15 is 0 Å². The average molecular weight is 419 g/mol. The van der Waals surface area contributed by atoms with Crippen LogP contribution in [-0.4, -0.2) is 40.3 Å². The third-order valence-electron chi connectivity index (χ3n) is 5.43. The number of fused-ring (bicyclic) bond motifs is 1. The summed E-state index contributed by atoms with van der Waals surface area (Å²) in [4.78, 5) is 5.64. The van der Waals surface area contributed by atoms with Crippen LogP contribution in [0, 0.1) is 0 Å². The molecule has 0 radical (unpaired) electrons. The molecule has 0 unspecified atom stereocenters. The molecule has 0 aliphatic carbocycles. The Morgan fingerprint density at radius 3 is 2.79 bits per heavy atom. The lowest BCUT2D eigenvalue weighted by Crippen LogP contribution is -2.37. The van der Waals surface area contributed by atoms with Gasteiger partial charge in [-0.15, -0.1) is 0 Å². The summed E-state index contributed by atoms with van der Waals surface area (Å²) in [6, 6.07) is 13.8.